The van der Waals surface area contributed by atoms with E-state index >= 15 is 0 Å². The van der Waals surface area contributed by atoms with Crippen LogP contribution in [0.15, 0.2) is 24.3 Å². The molecule has 0 saturated carbocycles. The van der Waals surface area contributed by atoms with Crippen LogP contribution >= 0.6 is 0 Å². The topological polar surface area (TPSA) is 71.1 Å². The molecule has 0 radical (unpaired) electrons. The van der Waals surface area contributed by atoms with Crippen LogP contribution in [-0.4, -0.2) is 43.0 Å². The van der Waals surface area contributed by atoms with Gasteiger partial charge >= 0.3 is 11.9 Å². The van der Waals surface area contributed by atoms with E-state index in [1.807, 2.05) is 58.9 Å². The lowest BCUT2D eigenvalue weighted by molar-refractivity contribution is -0.157. The van der Waals surface area contributed by atoms with E-state index in [9.17, 15) is 9.59 Å². The van der Waals surface area contributed by atoms with E-state index in [4.69, 9.17) is 18.9 Å². The van der Waals surface area contributed by atoms with Gasteiger partial charge in [-0.15, -0.1) is 0 Å². The molecule has 2 atom stereocenters. The summed E-state index contributed by atoms with van der Waals surface area (Å²) < 4.78 is 21.6. The number of carbonyl (C=O) groups excluding carboxylic acids is 2. The lowest BCUT2D eigenvalue weighted by Gasteiger charge is -2.21. The fourth-order valence-electron chi connectivity index (χ4n) is 2.46. The van der Waals surface area contributed by atoms with E-state index in [1.165, 1.54) is 0 Å². The van der Waals surface area contributed by atoms with Crippen molar-refractivity contribution < 1.29 is 28.5 Å². The Balaban J connectivity index is 2.59. The highest BCUT2D eigenvalue weighted by atomic mass is 16.6. The van der Waals surface area contributed by atoms with Gasteiger partial charge in [0.15, 0.2) is 6.10 Å². The number of esters is 2. The highest BCUT2D eigenvalue weighted by Crippen LogP contribution is 2.18. The lowest BCUT2D eigenvalue weighted by Crippen LogP contribution is -2.29. The fourth-order valence-corrected chi connectivity index (χ4v) is 2.46. The first-order valence-electron chi connectivity index (χ1n) is 9.40. The van der Waals surface area contributed by atoms with E-state index in [1.54, 1.807) is 6.92 Å². The molecule has 0 N–H and O–H groups in total. The Bertz CT molecular complexity index is 588. The van der Waals surface area contributed by atoms with E-state index in [2.05, 4.69) is 0 Å². The Morgan fingerprint density at radius 2 is 1.67 bits per heavy atom. The number of ether oxygens (including phenoxy) is 4. The highest BCUT2D eigenvalue weighted by molar-refractivity contribution is 5.75. The Labute approximate surface area is 162 Å². The van der Waals surface area contributed by atoms with E-state index in [0.29, 0.717) is 25.4 Å². The summed E-state index contributed by atoms with van der Waals surface area (Å²) in [5.41, 5.74) is 0.433. The van der Waals surface area contributed by atoms with Crippen molar-refractivity contribution in [2.75, 3.05) is 13.2 Å². The Morgan fingerprint density at radius 1 is 1.04 bits per heavy atom. The third-order valence-corrected chi connectivity index (χ3v) is 3.47. The molecule has 0 aliphatic rings. The zero-order valence-electron chi connectivity index (χ0n) is 17.2. The van der Waals surface area contributed by atoms with Crippen LogP contribution in [0.4, 0.5) is 0 Å². The monoisotopic (exact) mass is 380 g/mol. The van der Waals surface area contributed by atoms with Gasteiger partial charge in [-0.25, -0.2) is 4.79 Å². The van der Waals surface area contributed by atoms with Crippen molar-refractivity contribution >= 4 is 11.9 Å². The minimum atomic E-state index is -0.618. The van der Waals surface area contributed by atoms with Crippen molar-refractivity contribution in [3.63, 3.8) is 0 Å². The molecular formula is C21H32O6. The SMILES string of the molecule is CCOC(=O)[C@H](Cc1ccc(OC(C)CC(=O)OC(C)(C)C)cc1)OCC. The molecule has 0 bridgehead atoms. The molecule has 1 rings (SSSR count). The normalized spacial score (nSPS) is 13.6. The second-order valence-electron chi connectivity index (χ2n) is 7.26. The summed E-state index contributed by atoms with van der Waals surface area (Å²) in [6.45, 7) is 11.7. The standard InChI is InChI=1S/C21H32O6/c1-7-24-18(20(23)25-8-2)14-16-9-11-17(12-10-16)26-15(3)13-19(22)27-21(4,5)6/h9-12,15,18H,7-8,13-14H2,1-6H3/t15?,18-/m0/s1. The molecule has 6 heteroatoms. The molecule has 0 amide bonds. The first-order valence-corrected chi connectivity index (χ1v) is 9.40. The minimum Gasteiger partial charge on any atom is -0.490 e. The molecular weight excluding hydrogens is 348 g/mol. The van der Waals surface area contributed by atoms with Crippen LogP contribution in [0.5, 0.6) is 5.75 Å². The average molecular weight is 380 g/mol. The zero-order chi connectivity index (χ0) is 20.4. The Morgan fingerprint density at radius 3 is 2.19 bits per heavy atom. The number of hydrogen-bond donors (Lipinski definition) is 0. The number of benzene rings is 1. The quantitative estimate of drug-likeness (QED) is 0.577. The third kappa shape index (κ3) is 9.43. The average Bonchev–Trinajstić information content (AvgIpc) is 2.54. The van der Waals surface area contributed by atoms with Gasteiger partial charge in [-0.3, -0.25) is 4.79 Å². The van der Waals surface area contributed by atoms with Gasteiger partial charge in [0.25, 0.3) is 0 Å². The zero-order valence-corrected chi connectivity index (χ0v) is 17.2. The van der Waals surface area contributed by atoms with E-state index in [0.717, 1.165) is 5.56 Å². The van der Waals surface area contributed by atoms with Gasteiger partial charge in [-0.2, -0.15) is 0 Å². The predicted molar refractivity (Wildman–Crippen MR) is 103 cm³/mol. The van der Waals surface area contributed by atoms with Gasteiger partial charge < -0.3 is 18.9 Å². The molecule has 1 unspecified atom stereocenters. The molecule has 0 heterocycles. The van der Waals surface area contributed by atoms with Crippen LogP contribution in [0.2, 0.25) is 0 Å². The van der Waals surface area contributed by atoms with Gasteiger partial charge in [0.1, 0.15) is 17.5 Å². The van der Waals surface area contributed by atoms with Crippen LogP contribution in [0.3, 0.4) is 0 Å². The smallest absolute Gasteiger partial charge is 0.335 e. The largest absolute Gasteiger partial charge is 0.490 e. The summed E-state index contributed by atoms with van der Waals surface area (Å²) in [5.74, 6) is 0.00479. The number of rotatable bonds is 10. The Hall–Kier alpha value is -2.08. The maximum Gasteiger partial charge on any atom is 0.335 e. The second kappa shape index (κ2) is 10.9. The first-order chi connectivity index (χ1) is 12.6. The third-order valence-electron chi connectivity index (χ3n) is 3.47. The van der Waals surface area contributed by atoms with Crippen LogP contribution in [0, 0.1) is 0 Å². The van der Waals surface area contributed by atoms with Gasteiger partial charge in [0.05, 0.1) is 13.0 Å². The molecule has 0 aliphatic heterocycles. The molecule has 152 valence electrons. The summed E-state index contributed by atoms with van der Waals surface area (Å²) in [4.78, 5) is 23.8. The summed E-state index contributed by atoms with van der Waals surface area (Å²) in [6.07, 6.45) is -0.316. The molecule has 1 aromatic rings. The second-order valence-corrected chi connectivity index (χ2v) is 7.26. The molecule has 1 aromatic carbocycles. The van der Waals surface area contributed by atoms with Crippen molar-refractivity contribution in [2.45, 2.75) is 72.2 Å². The van der Waals surface area contributed by atoms with Crippen molar-refractivity contribution in [1.82, 2.24) is 0 Å². The molecule has 6 nitrogen and oxygen atoms in total. The molecule has 0 aliphatic carbocycles. The van der Waals surface area contributed by atoms with Gasteiger partial charge in [0, 0.05) is 13.0 Å². The Kier molecular flexibility index (Phi) is 9.29. The van der Waals surface area contributed by atoms with Crippen LogP contribution in [0.25, 0.3) is 0 Å². The van der Waals surface area contributed by atoms with Gasteiger partial charge in [0.2, 0.25) is 0 Å². The maximum absolute atomic E-state index is 11.9. The maximum atomic E-state index is 11.9. The van der Waals surface area contributed by atoms with Gasteiger partial charge in [-0.1, -0.05) is 12.1 Å². The summed E-state index contributed by atoms with van der Waals surface area (Å²) >= 11 is 0. The van der Waals surface area contributed by atoms with Crippen LogP contribution in [-0.2, 0) is 30.2 Å². The summed E-state index contributed by atoms with van der Waals surface area (Å²) in [7, 11) is 0. The first kappa shape index (κ1) is 23.0. The fraction of sp³-hybridized carbons (Fsp3) is 0.619. The van der Waals surface area contributed by atoms with E-state index in [-0.39, 0.29) is 24.5 Å². The molecule has 0 spiro atoms. The van der Waals surface area contributed by atoms with Crippen LogP contribution < -0.4 is 4.74 Å². The molecule has 0 fully saturated rings. The minimum absolute atomic E-state index is 0.175. The number of hydrogen-bond acceptors (Lipinski definition) is 6. The highest BCUT2D eigenvalue weighted by Gasteiger charge is 2.21. The van der Waals surface area contributed by atoms with Crippen molar-refractivity contribution in [3.8, 4) is 5.75 Å². The molecule has 0 saturated heterocycles. The predicted octanol–water partition coefficient (Wildman–Crippen LogP) is 3.70. The van der Waals surface area contributed by atoms with Gasteiger partial charge in [-0.05, 0) is 59.2 Å². The molecule has 0 aromatic heterocycles. The van der Waals surface area contributed by atoms with Crippen molar-refractivity contribution in [1.29, 1.82) is 0 Å². The van der Waals surface area contributed by atoms with E-state index < -0.39 is 11.7 Å². The summed E-state index contributed by atoms with van der Waals surface area (Å²) in [6, 6.07) is 7.38. The lowest BCUT2D eigenvalue weighted by atomic mass is 10.1. The summed E-state index contributed by atoms with van der Waals surface area (Å²) in [5, 5.41) is 0. The number of carbonyl (C=O) groups is 2. The van der Waals surface area contributed by atoms with Crippen LogP contribution in [0.1, 0.15) is 53.5 Å². The van der Waals surface area contributed by atoms with Crippen molar-refractivity contribution in [3.05, 3.63) is 29.8 Å². The van der Waals surface area contributed by atoms with Crippen molar-refractivity contribution in [2.24, 2.45) is 0 Å². The molecule has 27 heavy (non-hydrogen) atoms.